The van der Waals surface area contributed by atoms with Gasteiger partial charge in [-0.05, 0) is 43.0 Å². The molecule has 0 unspecified atom stereocenters. The van der Waals surface area contributed by atoms with Crippen molar-refractivity contribution in [1.29, 1.82) is 5.41 Å². The number of fused-ring (bicyclic) bond motifs is 1. The molecule has 2 aliphatic heterocycles. The van der Waals surface area contributed by atoms with Crippen LogP contribution in [0.1, 0.15) is 25.0 Å². The number of rotatable bonds is 7. The van der Waals surface area contributed by atoms with Gasteiger partial charge in [-0.15, -0.1) is 0 Å². The van der Waals surface area contributed by atoms with Crippen molar-refractivity contribution in [2.75, 3.05) is 13.2 Å². The number of hydrogen-bond acceptors (Lipinski definition) is 6. The summed E-state index contributed by atoms with van der Waals surface area (Å²) in [6, 6.07) is 15.2. The highest BCUT2D eigenvalue weighted by molar-refractivity contribution is 8.27. The number of aryl methyl sites for hydroxylation is 1. The zero-order valence-electron chi connectivity index (χ0n) is 18.2. The van der Waals surface area contributed by atoms with E-state index < -0.39 is 5.91 Å². The van der Waals surface area contributed by atoms with Gasteiger partial charge in [0.1, 0.15) is 29.8 Å². The van der Waals surface area contributed by atoms with E-state index in [9.17, 15) is 4.79 Å². The molecule has 8 heteroatoms. The van der Waals surface area contributed by atoms with Crippen molar-refractivity contribution in [3.05, 3.63) is 65.2 Å². The van der Waals surface area contributed by atoms with Crippen molar-refractivity contribution in [3.8, 4) is 11.5 Å². The van der Waals surface area contributed by atoms with Crippen molar-refractivity contribution in [2.24, 2.45) is 16.0 Å². The molecule has 0 atom stereocenters. The van der Waals surface area contributed by atoms with Crippen LogP contribution in [0.5, 0.6) is 11.5 Å². The molecule has 0 aromatic heterocycles. The lowest BCUT2D eigenvalue weighted by molar-refractivity contribution is -0.114. The number of benzene rings is 2. The molecule has 0 radical (unpaired) electrons. The van der Waals surface area contributed by atoms with Crippen LogP contribution in [-0.2, 0) is 4.79 Å². The van der Waals surface area contributed by atoms with E-state index in [-0.39, 0.29) is 17.3 Å². The normalized spacial score (nSPS) is 16.9. The number of amides is 1. The first-order valence-corrected chi connectivity index (χ1v) is 11.2. The van der Waals surface area contributed by atoms with Crippen molar-refractivity contribution < 1.29 is 14.3 Å². The highest BCUT2D eigenvalue weighted by atomic mass is 32.2. The van der Waals surface area contributed by atoms with Gasteiger partial charge in [-0.3, -0.25) is 10.2 Å². The Morgan fingerprint density at radius 3 is 2.56 bits per heavy atom. The predicted octanol–water partition coefficient (Wildman–Crippen LogP) is 4.73. The molecule has 0 bridgehead atoms. The summed E-state index contributed by atoms with van der Waals surface area (Å²) in [6.45, 7) is 6.78. The van der Waals surface area contributed by atoms with Crippen LogP contribution in [0.4, 0.5) is 0 Å². The van der Waals surface area contributed by atoms with E-state index >= 15 is 0 Å². The molecular formula is C24H24N4O3S. The number of carbonyl (C=O) groups is 1. The lowest BCUT2D eigenvalue weighted by atomic mass is 10.1. The number of hydrazone groups is 1. The predicted molar refractivity (Wildman–Crippen MR) is 128 cm³/mol. The lowest BCUT2D eigenvalue weighted by Crippen LogP contribution is -2.35. The van der Waals surface area contributed by atoms with E-state index in [1.165, 1.54) is 22.3 Å². The Kier molecular flexibility index (Phi) is 6.41. The van der Waals surface area contributed by atoms with Gasteiger partial charge in [0, 0.05) is 11.5 Å². The average Bonchev–Trinajstić information content (AvgIpc) is 3.21. The molecule has 0 fully saturated rings. The van der Waals surface area contributed by atoms with Crippen LogP contribution in [0.2, 0.25) is 0 Å². The Balaban J connectivity index is 1.47. The maximum absolute atomic E-state index is 12.6. The zero-order chi connectivity index (χ0) is 22.7. The molecule has 0 spiro atoms. The van der Waals surface area contributed by atoms with E-state index in [1.807, 2.05) is 69.3 Å². The van der Waals surface area contributed by atoms with Gasteiger partial charge in [0.05, 0.1) is 5.57 Å². The maximum atomic E-state index is 12.6. The van der Waals surface area contributed by atoms with Gasteiger partial charge in [0.2, 0.25) is 5.17 Å². The van der Waals surface area contributed by atoms with Crippen molar-refractivity contribution >= 4 is 39.8 Å². The molecule has 0 saturated heterocycles. The number of para-hydroxylation sites is 1. The minimum absolute atomic E-state index is 0.0145. The van der Waals surface area contributed by atoms with Crippen LogP contribution in [0.3, 0.4) is 0 Å². The third kappa shape index (κ3) is 4.75. The summed E-state index contributed by atoms with van der Waals surface area (Å²) in [7, 11) is 0. The minimum atomic E-state index is -0.452. The smallest absolute Gasteiger partial charge is 0.283 e. The molecule has 7 nitrogen and oxygen atoms in total. The summed E-state index contributed by atoms with van der Waals surface area (Å²) in [5.74, 6) is 1.14. The molecule has 164 valence electrons. The summed E-state index contributed by atoms with van der Waals surface area (Å²) in [5.41, 5.74) is 2.04. The van der Waals surface area contributed by atoms with Crippen molar-refractivity contribution in [1.82, 2.24) is 5.01 Å². The third-order valence-electron chi connectivity index (χ3n) is 4.81. The molecule has 2 heterocycles. The summed E-state index contributed by atoms with van der Waals surface area (Å²) in [6.07, 6.45) is 1.63. The second-order valence-electron chi connectivity index (χ2n) is 7.66. The number of aliphatic imine (C=N–C) groups is 1. The van der Waals surface area contributed by atoms with Crippen LogP contribution >= 0.6 is 11.8 Å². The molecule has 1 N–H and O–H groups in total. The molecule has 1 amide bonds. The van der Waals surface area contributed by atoms with Crippen LogP contribution < -0.4 is 9.47 Å². The van der Waals surface area contributed by atoms with Gasteiger partial charge in [-0.2, -0.15) is 15.1 Å². The van der Waals surface area contributed by atoms with E-state index in [4.69, 9.17) is 14.9 Å². The molecular weight excluding hydrogens is 424 g/mol. The number of nitrogens with zero attached hydrogens (tertiary/aromatic N) is 3. The third-order valence-corrected chi connectivity index (χ3v) is 6.02. The molecule has 32 heavy (non-hydrogen) atoms. The van der Waals surface area contributed by atoms with Gasteiger partial charge in [0.15, 0.2) is 5.84 Å². The first-order valence-electron chi connectivity index (χ1n) is 10.3. The summed E-state index contributed by atoms with van der Waals surface area (Å²) >= 11 is 1.33. The van der Waals surface area contributed by atoms with E-state index in [2.05, 4.69) is 10.1 Å². The highest BCUT2D eigenvalue weighted by Gasteiger charge is 2.36. The first kappa shape index (κ1) is 21.8. The van der Waals surface area contributed by atoms with Crippen molar-refractivity contribution in [3.63, 3.8) is 0 Å². The first-order chi connectivity index (χ1) is 15.4. The Hall–Kier alpha value is -3.39. The lowest BCUT2D eigenvalue weighted by Gasteiger charge is -2.20. The van der Waals surface area contributed by atoms with Gasteiger partial charge < -0.3 is 9.47 Å². The van der Waals surface area contributed by atoms with Crippen LogP contribution in [0, 0.1) is 18.3 Å². The molecule has 2 aromatic rings. The van der Waals surface area contributed by atoms with Gasteiger partial charge in [-0.25, -0.2) is 0 Å². The quantitative estimate of drug-likeness (QED) is 0.489. The fraction of sp³-hybridized carbons (Fsp3) is 0.250. The Bertz CT molecular complexity index is 1140. The molecule has 0 aliphatic carbocycles. The Labute approximate surface area is 191 Å². The van der Waals surface area contributed by atoms with Gasteiger partial charge in [-0.1, -0.05) is 49.7 Å². The SMILES string of the molecule is Cc1ccc(OCCOc2ccccc2C=C2C(=N)N3N=C(C(C)C)SC3=NC2=O)cc1. The second kappa shape index (κ2) is 9.40. The molecule has 2 aromatic carbocycles. The van der Waals surface area contributed by atoms with E-state index in [0.717, 1.165) is 10.8 Å². The second-order valence-corrected chi connectivity index (χ2v) is 8.65. The Morgan fingerprint density at radius 2 is 1.81 bits per heavy atom. The summed E-state index contributed by atoms with van der Waals surface area (Å²) in [5, 5.41) is 15.6. The number of thioether (sulfide) groups is 1. The zero-order valence-corrected chi connectivity index (χ0v) is 19.0. The standard InChI is InChI=1S/C24H24N4O3S/c1-15(2)23-27-28-21(25)19(22(29)26-24(28)32-23)14-17-6-4-5-7-20(17)31-13-12-30-18-10-8-16(3)9-11-18/h4-11,14-15,25H,12-13H2,1-3H3. The minimum Gasteiger partial charge on any atom is -0.490 e. The molecule has 4 rings (SSSR count). The number of nitrogens with one attached hydrogen (secondary N) is 1. The van der Waals surface area contributed by atoms with Crippen LogP contribution in [0.25, 0.3) is 6.08 Å². The van der Waals surface area contributed by atoms with Crippen molar-refractivity contribution in [2.45, 2.75) is 20.8 Å². The monoisotopic (exact) mass is 448 g/mol. The van der Waals surface area contributed by atoms with Gasteiger partial charge in [0.25, 0.3) is 5.91 Å². The number of hydrogen-bond donors (Lipinski definition) is 1. The summed E-state index contributed by atoms with van der Waals surface area (Å²) in [4.78, 5) is 16.8. The maximum Gasteiger partial charge on any atom is 0.283 e. The number of ether oxygens (including phenoxy) is 2. The van der Waals surface area contributed by atoms with E-state index in [1.54, 1.807) is 6.08 Å². The fourth-order valence-corrected chi connectivity index (χ4v) is 3.96. The van der Waals surface area contributed by atoms with Gasteiger partial charge >= 0.3 is 0 Å². The van der Waals surface area contributed by atoms with Crippen LogP contribution in [0.15, 0.2) is 64.2 Å². The Morgan fingerprint density at radius 1 is 1.09 bits per heavy atom. The van der Waals surface area contributed by atoms with E-state index in [0.29, 0.717) is 29.7 Å². The number of carbonyl (C=O) groups excluding carboxylic acids is 1. The topological polar surface area (TPSA) is 87.3 Å². The molecule has 2 aliphatic rings. The molecule has 0 saturated carbocycles. The fourth-order valence-electron chi connectivity index (χ4n) is 3.07. The largest absolute Gasteiger partial charge is 0.490 e. The van der Waals surface area contributed by atoms with Crippen LogP contribution in [-0.4, -0.2) is 40.2 Å². The summed E-state index contributed by atoms with van der Waals surface area (Å²) < 4.78 is 11.6. The number of amidine groups is 2. The highest BCUT2D eigenvalue weighted by Crippen LogP contribution is 2.31. The average molecular weight is 449 g/mol.